The fourth-order valence-electron chi connectivity index (χ4n) is 3.30. The highest BCUT2D eigenvalue weighted by Gasteiger charge is 2.44. The fraction of sp³-hybridized carbons (Fsp3) is 0.867. The summed E-state index contributed by atoms with van der Waals surface area (Å²) < 4.78 is 0. The summed E-state index contributed by atoms with van der Waals surface area (Å²) in [5.41, 5.74) is 0. The quantitative estimate of drug-likeness (QED) is 0.866. The number of carboxylic acids is 1. The lowest BCUT2D eigenvalue weighted by Gasteiger charge is -2.40. The Hall–Kier alpha value is -0.910. The highest BCUT2D eigenvalue weighted by molar-refractivity contribution is 8.00. The fourth-order valence-corrected chi connectivity index (χ4v) is 4.81. The Morgan fingerprint density at radius 1 is 1.29 bits per heavy atom. The molecule has 2 fully saturated rings. The zero-order chi connectivity index (χ0) is 15.4. The molecule has 1 N–H and O–H groups in total. The van der Waals surface area contributed by atoms with E-state index in [0.29, 0.717) is 5.75 Å². The van der Waals surface area contributed by atoms with Gasteiger partial charge >= 0.3 is 12.0 Å². The minimum absolute atomic E-state index is 0.0167. The monoisotopic (exact) mass is 314 g/mol. The summed E-state index contributed by atoms with van der Waals surface area (Å²) in [7, 11) is 0. The molecule has 2 aliphatic heterocycles. The van der Waals surface area contributed by atoms with Crippen molar-refractivity contribution in [3.8, 4) is 0 Å². The number of urea groups is 1. The summed E-state index contributed by atoms with van der Waals surface area (Å²) in [5.74, 6) is -0.365. The largest absolute Gasteiger partial charge is 0.480 e. The second-order valence-corrected chi connectivity index (χ2v) is 7.08. The minimum atomic E-state index is -0.875. The van der Waals surface area contributed by atoms with Crippen LogP contribution in [0.5, 0.6) is 0 Å². The first-order valence-electron chi connectivity index (χ1n) is 8.03. The molecule has 120 valence electrons. The van der Waals surface area contributed by atoms with Crippen LogP contribution in [-0.4, -0.2) is 56.7 Å². The molecule has 2 heterocycles. The molecule has 0 radical (unpaired) electrons. The molecule has 6 heteroatoms. The van der Waals surface area contributed by atoms with E-state index in [1.165, 1.54) is 0 Å². The van der Waals surface area contributed by atoms with Gasteiger partial charge in [0.25, 0.3) is 0 Å². The number of piperidine rings is 1. The van der Waals surface area contributed by atoms with Crippen molar-refractivity contribution in [2.75, 3.05) is 12.3 Å². The van der Waals surface area contributed by atoms with Gasteiger partial charge in [-0.05, 0) is 32.1 Å². The molecule has 21 heavy (non-hydrogen) atoms. The summed E-state index contributed by atoms with van der Waals surface area (Å²) in [5, 5.41) is 9.43. The first-order chi connectivity index (χ1) is 10.1. The molecular formula is C15H26N2O3S. The van der Waals surface area contributed by atoms with Crippen LogP contribution in [0.1, 0.15) is 52.4 Å². The predicted molar refractivity (Wildman–Crippen MR) is 84.4 cm³/mol. The van der Waals surface area contributed by atoms with Crippen molar-refractivity contribution in [1.82, 2.24) is 9.80 Å². The van der Waals surface area contributed by atoms with Crippen LogP contribution in [0.15, 0.2) is 0 Å². The van der Waals surface area contributed by atoms with Gasteiger partial charge in [-0.3, -0.25) is 4.90 Å². The smallest absolute Gasteiger partial charge is 0.327 e. The van der Waals surface area contributed by atoms with E-state index >= 15 is 0 Å². The number of aliphatic carboxylic acids is 1. The van der Waals surface area contributed by atoms with E-state index < -0.39 is 12.0 Å². The predicted octanol–water partition coefficient (Wildman–Crippen LogP) is 3.00. The topological polar surface area (TPSA) is 60.9 Å². The van der Waals surface area contributed by atoms with E-state index in [9.17, 15) is 14.7 Å². The minimum Gasteiger partial charge on any atom is -0.480 e. The van der Waals surface area contributed by atoms with Crippen LogP contribution >= 0.6 is 11.8 Å². The van der Waals surface area contributed by atoms with Gasteiger partial charge in [-0.25, -0.2) is 9.59 Å². The Morgan fingerprint density at radius 2 is 2.05 bits per heavy atom. The summed E-state index contributed by atoms with van der Waals surface area (Å²) in [6.07, 6.45) is 6.01. The van der Waals surface area contributed by atoms with Crippen molar-refractivity contribution in [2.45, 2.75) is 69.8 Å². The van der Waals surface area contributed by atoms with Crippen LogP contribution in [0.4, 0.5) is 4.79 Å². The van der Waals surface area contributed by atoms with Crippen LogP contribution in [0, 0.1) is 0 Å². The van der Waals surface area contributed by atoms with Gasteiger partial charge in [0.15, 0.2) is 0 Å². The first kappa shape index (κ1) is 16.5. The van der Waals surface area contributed by atoms with Gasteiger partial charge < -0.3 is 10.0 Å². The van der Waals surface area contributed by atoms with Crippen LogP contribution in [-0.2, 0) is 4.79 Å². The third-order valence-electron chi connectivity index (χ3n) is 4.48. The van der Waals surface area contributed by atoms with Crippen molar-refractivity contribution < 1.29 is 14.7 Å². The Kier molecular flexibility index (Phi) is 5.79. The van der Waals surface area contributed by atoms with Gasteiger partial charge in [-0.15, -0.1) is 11.8 Å². The standard InChI is InChI=1S/C15H26N2O3S/c1-3-7-13-17(12(10-21-13)14(18)19)15(20)16-9-6-5-8-11(16)4-2/h11-13H,3-10H2,1-2H3,(H,18,19). The third-order valence-corrected chi connectivity index (χ3v) is 5.83. The Bertz CT molecular complexity index is 391. The number of rotatable bonds is 4. The Balaban J connectivity index is 2.17. The number of likely N-dealkylation sites (tertiary alicyclic amines) is 1. The summed E-state index contributed by atoms with van der Waals surface area (Å²) >= 11 is 1.61. The lowest BCUT2D eigenvalue weighted by Crippen LogP contribution is -2.55. The molecule has 0 saturated carbocycles. The second-order valence-electron chi connectivity index (χ2n) is 5.87. The summed E-state index contributed by atoms with van der Waals surface area (Å²) in [6.45, 7) is 4.95. The maximum absolute atomic E-state index is 12.9. The normalized spacial score (nSPS) is 29.7. The third kappa shape index (κ3) is 3.47. The summed E-state index contributed by atoms with van der Waals surface area (Å²) in [6, 6.07) is -0.454. The first-order valence-corrected chi connectivity index (χ1v) is 9.08. The number of carbonyl (C=O) groups is 2. The number of hydrogen-bond acceptors (Lipinski definition) is 3. The molecule has 0 aliphatic carbocycles. The molecule has 3 atom stereocenters. The van der Waals surface area contributed by atoms with Gasteiger partial charge in [-0.2, -0.15) is 0 Å². The molecule has 2 aliphatic rings. The SMILES string of the molecule is CCCC1SCC(C(=O)O)N1C(=O)N1CCCCC1CC. The van der Waals surface area contributed by atoms with E-state index in [0.717, 1.165) is 45.1 Å². The van der Waals surface area contributed by atoms with E-state index in [2.05, 4.69) is 13.8 Å². The average molecular weight is 314 g/mol. The molecule has 0 aromatic heterocycles. The van der Waals surface area contributed by atoms with E-state index in [1.54, 1.807) is 16.7 Å². The van der Waals surface area contributed by atoms with Crippen LogP contribution in [0.3, 0.4) is 0 Å². The summed E-state index contributed by atoms with van der Waals surface area (Å²) in [4.78, 5) is 28.0. The van der Waals surface area contributed by atoms with E-state index in [-0.39, 0.29) is 17.4 Å². The molecule has 2 rings (SSSR count). The maximum Gasteiger partial charge on any atom is 0.327 e. The van der Waals surface area contributed by atoms with Crippen molar-refractivity contribution in [3.05, 3.63) is 0 Å². The molecule has 2 saturated heterocycles. The second kappa shape index (κ2) is 7.38. The van der Waals surface area contributed by atoms with Crippen LogP contribution in [0.25, 0.3) is 0 Å². The zero-order valence-electron chi connectivity index (χ0n) is 13.0. The number of amides is 2. The molecular weight excluding hydrogens is 288 g/mol. The lowest BCUT2D eigenvalue weighted by molar-refractivity contribution is -0.141. The number of carboxylic acid groups (broad SMARTS) is 1. The zero-order valence-corrected chi connectivity index (χ0v) is 13.8. The maximum atomic E-state index is 12.9. The van der Waals surface area contributed by atoms with Gasteiger partial charge in [0.05, 0.1) is 5.37 Å². The highest BCUT2D eigenvalue weighted by atomic mass is 32.2. The molecule has 0 aromatic carbocycles. The van der Waals surface area contributed by atoms with Crippen LogP contribution < -0.4 is 0 Å². The van der Waals surface area contributed by atoms with E-state index in [1.807, 2.05) is 4.90 Å². The number of thioether (sulfide) groups is 1. The van der Waals surface area contributed by atoms with Crippen molar-refractivity contribution in [1.29, 1.82) is 0 Å². The highest BCUT2D eigenvalue weighted by Crippen LogP contribution is 2.34. The molecule has 3 unspecified atom stereocenters. The van der Waals surface area contributed by atoms with Crippen LogP contribution in [0.2, 0.25) is 0 Å². The molecule has 0 bridgehead atoms. The molecule has 5 nitrogen and oxygen atoms in total. The number of hydrogen-bond donors (Lipinski definition) is 1. The van der Waals surface area contributed by atoms with Crippen molar-refractivity contribution in [2.24, 2.45) is 0 Å². The Labute approximate surface area is 131 Å². The van der Waals surface area contributed by atoms with Gasteiger partial charge in [0, 0.05) is 18.3 Å². The average Bonchev–Trinajstić information content (AvgIpc) is 2.91. The lowest BCUT2D eigenvalue weighted by atomic mass is 10.0. The Morgan fingerprint density at radius 3 is 2.67 bits per heavy atom. The number of nitrogens with zero attached hydrogens (tertiary/aromatic N) is 2. The molecule has 2 amide bonds. The molecule has 0 aromatic rings. The van der Waals surface area contributed by atoms with E-state index in [4.69, 9.17) is 0 Å². The van der Waals surface area contributed by atoms with Crippen molar-refractivity contribution >= 4 is 23.8 Å². The van der Waals surface area contributed by atoms with Gasteiger partial charge in [0.1, 0.15) is 6.04 Å². The van der Waals surface area contributed by atoms with Gasteiger partial charge in [0.2, 0.25) is 0 Å². The molecule has 0 spiro atoms. The number of carbonyl (C=O) groups excluding carboxylic acids is 1. The van der Waals surface area contributed by atoms with Gasteiger partial charge in [-0.1, -0.05) is 20.3 Å². The van der Waals surface area contributed by atoms with Crippen molar-refractivity contribution in [3.63, 3.8) is 0 Å².